The molecule has 1 aromatic rings. The van der Waals surface area contributed by atoms with E-state index in [0.717, 1.165) is 25.7 Å². The molecule has 3 nitrogen and oxygen atoms in total. The topological polar surface area (TPSA) is 41.3 Å². The molecular formula is C14H23N3S. The zero-order valence-electron chi connectivity index (χ0n) is 10.9. The lowest BCUT2D eigenvalue weighted by atomic mass is 9.93. The predicted molar refractivity (Wildman–Crippen MR) is 76.7 cm³/mol. The molecule has 0 amide bonds. The first-order valence-corrected chi connectivity index (χ1v) is 7.94. The van der Waals surface area contributed by atoms with E-state index < -0.39 is 0 Å². The summed E-state index contributed by atoms with van der Waals surface area (Å²) in [5, 5.41) is 7.91. The lowest BCUT2D eigenvalue weighted by Gasteiger charge is -2.29. The van der Waals surface area contributed by atoms with E-state index in [9.17, 15) is 0 Å². The molecule has 1 aromatic heterocycles. The Kier molecular flexibility index (Phi) is 3.71. The van der Waals surface area contributed by atoms with E-state index in [1.807, 2.05) is 0 Å². The van der Waals surface area contributed by atoms with Crippen LogP contribution in [0.3, 0.4) is 0 Å². The van der Waals surface area contributed by atoms with Crippen molar-refractivity contribution < 1.29 is 0 Å². The van der Waals surface area contributed by atoms with Crippen LogP contribution in [0.25, 0.3) is 0 Å². The lowest BCUT2D eigenvalue weighted by molar-refractivity contribution is 0.200. The molecule has 3 rings (SSSR count). The molecule has 0 aromatic carbocycles. The van der Waals surface area contributed by atoms with E-state index in [4.69, 9.17) is 5.73 Å². The van der Waals surface area contributed by atoms with E-state index in [0.29, 0.717) is 5.41 Å². The van der Waals surface area contributed by atoms with Gasteiger partial charge in [0.2, 0.25) is 0 Å². The maximum Gasteiger partial charge on any atom is 0.0245 e. The van der Waals surface area contributed by atoms with Crippen LogP contribution in [0.2, 0.25) is 0 Å². The van der Waals surface area contributed by atoms with E-state index in [2.05, 4.69) is 27.0 Å². The number of thiophene rings is 1. The second-order valence-electron chi connectivity index (χ2n) is 5.72. The van der Waals surface area contributed by atoms with Crippen molar-refractivity contribution in [2.24, 2.45) is 11.1 Å². The van der Waals surface area contributed by atoms with Crippen molar-refractivity contribution in [3.8, 4) is 0 Å². The van der Waals surface area contributed by atoms with Gasteiger partial charge in [0.1, 0.15) is 0 Å². The normalized spacial score (nSPS) is 25.8. The van der Waals surface area contributed by atoms with Crippen LogP contribution in [0.15, 0.2) is 16.8 Å². The smallest absolute Gasteiger partial charge is 0.0245 e. The molecule has 1 saturated heterocycles. The molecule has 2 heterocycles. The Morgan fingerprint density at radius 2 is 2.28 bits per heavy atom. The molecule has 0 radical (unpaired) electrons. The number of nitrogens with one attached hydrogen (secondary N) is 1. The Labute approximate surface area is 113 Å². The quantitative estimate of drug-likeness (QED) is 0.850. The van der Waals surface area contributed by atoms with Crippen molar-refractivity contribution in [3.05, 3.63) is 22.4 Å². The van der Waals surface area contributed by atoms with Gasteiger partial charge in [0.05, 0.1) is 0 Å². The third-order valence-corrected chi connectivity index (χ3v) is 5.30. The molecule has 2 aliphatic rings. The van der Waals surface area contributed by atoms with Crippen LogP contribution in [-0.2, 0) is 6.54 Å². The van der Waals surface area contributed by atoms with Crippen LogP contribution in [0.5, 0.6) is 0 Å². The molecule has 100 valence electrons. The van der Waals surface area contributed by atoms with E-state index >= 15 is 0 Å². The van der Waals surface area contributed by atoms with Crippen LogP contribution in [0.1, 0.15) is 24.8 Å². The predicted octanol–water partition coefficient (Wildman–Crippen LogP) is 1.65. The van der Waals surface area contributed by atoms with Gasteiger partial charge in [-0.2, -0.15) is 11.3 Å². The number of nitrogens with two attached hydrogens (primary N) is 1. The van der Waals surface area contributed by atoms with Crippen molar-refractivity contribution in [1.29, 1.82) is 0 Å². The first kappa shape index (κ1) is 12.6. The summed E-state index contributed by atoms with van der Waals surface area (Å²) in [7, 11) is 0. The lowest BCUT2D eigenvalue weighted by Crippen LogP contribution is -2.38. The van der Waals surface area contributed by atoms with Crippen LogP contribution in [-0.4, -0.2) is 37.1 Å². The minimum absolute atomic E-state index is 0.621. The van der Waals surface area contributed by atoms with Crippen molar-refractivity contribution >= 4 is 11.3 Å². The number of piperidine rings is 1. The first-order valence-electron chi connectivity index (χ1n) is 7.00. The maximum atomic E-state index is 5.79. The van der Waals surface area contributed by atoms with Crippen molar-refractivity contribution in [1.82, 2.24) is 10.2 Å². The second-order valence-corrected chi connectivity index (χ2v) is 6.50. The van der Waals surface area contributed by atoms with Crippen LogP contribution < -0.4 is 11.1 Å². The van der Waals surface area contributed by atoms with Gasteiger partial charge in [-0.25, -0.2) is 0 Å². The first-order chi connectivity index (χ1) is 8.84. The van der Waals surface area contributed by atoms with Gasteiger partial charge < -0.3 is 11.1 Å². The van der Waals surface area contributed by atoms with Crippen LogP contribution >= 0.6 is 11.3 Å². The van der Waals surface area contributed by atoms with E-state index in [1.165, 1.54) is 37.9 Å². The molecular weight excluding hydrogens is 242 g/mol. The largest absolute Gasteiger partial charge is 0.329 e. The number of nitrogens with zero attached hydrogens (tertiary/aromatic N) is 1. The molecule has 1 aliphatic heterocycles. The Balaban J connectivity index is 1.64. The zero-order chi connectivity index (χ0) is 12.4. The van der Waals surface area contributed by atoms with Gasteiger partial charge in [-0.1, -0.05) is 0 Å². The monoisotopic (exact) mass is 265 g/mol. The third-order valence-electron chi connectivity index (χ3n) is 4.57. The summed E-state index contributed by atoms with van der Waals surface area (Å²) in [5.41, 5.74) is 7.86. The molecule has 2 fully saturated rings. The Hall–Kier alpha value is -0.420. The molecule has 0 bridgehead atoms. The van der Waals surface area contributed by atoms with Gasteiger partial charge >= 0.3 is 0 Å². The number of rotatable bonds is 5. The highest BCUT2D eigenvalue weighted by Crippen LogP contribution is 2.55. The SMILES string of the molecule is NCCN(Cc1ccsc1)[C@@H]1CC12CCNCC2. The van der Waals surface area contributed by atoms with E-state index in [-0.39, 0.29) is 0 Å². The van der Waals surface area contributed by atoms with Crippen molar-refractivity contribution in [2.45, 2.75) is 31.8 Å². The summed E-state index contributed by atoms with van der Waals surface area (Å²) in [6.45, 7) is 5.29. The minimum Gasteiger partial charge on any atom is -0.329 e. The van der Waals surface area contributed by atoms with Gasteiger partial charge in [0.15, 0.2) is 0 Å². The minimum atomic E-state index is 0.621. The molecule has 3 N–H and O–H groups in total. The molecule has 1 saturated carbocycles. The molecule has 18 heavy (non-hydrogen) atoms. The van der Waals surface area contributed by atoms with Crippen molar-refractivity contribution in [3.63, 3.8) is 0 Å². The summed E-state index contributed by atoms with van der Waals surface area (Å²) in [6, 6.07) is 3.02. The Morgan fingerprint density at radius 1 is 1.44 bits per heavy atom. The maximum absolute atomic E-state index is 5.79. The van der Waals surface area contributed by atoms with Gasteiger partial charge in [-0.3, -0.25) is 4.90 Å². The van der Waals surface area contributed by atoms with Crippen LogP contribution in [0, 0.1) is 5.41 Å². The molecule has 1 spiro atoms. The fourth-order valence-electron chi connectivity index (χ4n) is 3.43. The average molecular weight is 265 g/mol. The van der Waals surface area contributed by atoms with Crippen molar-refractivity contribution in [2.75, 3.05) is 26.2 Å². The average Bonchev–Trinajstić information content (AvgIpc) is 2.85. The number of hydrogen-bond donors (Lipinski definition) is 2. The van der Waals surface area contributed by atoms with Gasteiger partial charge in [-0.05, 0) is 60.2 Å². The molecule has 0 unspecified atom stereocenters. The summed E-state index contributed by atoms with van der Waals surface area (Å²) >= 11 is 1.79. The zero-order valence-corrected chi connectivity index (χ0v) is 11.7. The molecule has 1 aliphatic carbocycles. The van der Waals surface area contributed by atoms with Gasteiger partial charge in [0.25, 0.3) is 0 Å². The fraction of sp³-hybridized carbons (Fsp3) is 0.714. The second kappa shape index (κ2) is 5.29. The van der Waals surface area contributed by atoms with Gasteiger partial charge in [0, 0.05) is 25.7 Å². The standard InChI is InChI=1S/C14H23N3S/c15-4-7-17(10-12-1-8-18-11-12)13-9-14(13)2-5-16-6-3-14/h1,8,11,13,16H,2-7,9-10,15H2/t13-/m1/s1. The van der Waals surface area contributed by atoms with Gasteiger partial charge in [-0.15, -0.1) is 0 Å². The molecule has 1 atom stereocenters. The highest BCUT2D eigenvalue weighted by Gasteiger charge is 2.56. The summed E-state index contributed by atoms with van der Waals surface area (Å²) in [6.07, 6.45) is 4.09. The Bertz CT molecular complexity index is 370. The fourth-order valence-corrected chi connectivity index (χ4v) is 4.09. The Morgan fingerprint density at radius 3 is 2.94 bits per heavy atom. The highest BCUT2D eigenvalue weighted by atomic mass is 32.1. The number of hydrogen-bond acceptors (Lipinski definition) is 4. The summed E-state index contributed by atoms with van der Waals surface area (Å²) in [4.78, 5) is 2.62. The summed E-state index contributed by atoms with van der Waals surface area (Å²) < 4.78 is 0. The molecule has 4 heteroatoms. The summed E-state index contributed by atoms with van der Waals surface area (Å²) in [5.74, 6) is 0. The van der Waals surface area contributed by atoms with Crippen LogP contribution in [0.4, 0.5) is 0 Å². The van der Waals surface area contributed by atoms with E-state index in [1.54, 1.807) is 11.3 Å². The highest BCUT2D eigenvalue weighted by molar-refractivity contribution is 7.07. The third kappa shape index (κ3) is 2.48.